The highest BCUT2D eigenvalue weighted by atomic mass is 32.2. The molecule has 7 heteroatoms. The van der Waals surface area contributed by atoms with Crippen molar-refractivity contribution in [3.8, 4) is 0 Å². The second-order valence-electron chi connectivity index (χ2n) is 5.70. The molecule has 114 valence electrons. The lowest BCUT2D eigenvalue weighted by Crippen LogP contribution is -2.48. The lowest BCUT2D eigenvalue weighted by molar-refractivity contribution is -0.123. The van der Waals surface area contributed by atoms with Gasteiger partial charge in [0.1, 0.15) is 0 Å². The molecular weight excluding hydrogens is 290 g/mol. The molecule has 2 aliphatic rings. The smallest absolute Gasteiger partial charge is 0.243 e. The van der Waals surface area contributed by atoms with E-state index in [2.05, 4.69) is 5.32 Å². The van der Waals surface area contributed by atoms with E-state index in [0.717, 1.165) is 12.0 Å². The van der Waals surface area contributed by atoms with Crippen molar-refractivity contribution in [1.29, 1.82) is 0 Å². The molecule has 2 fully saturated rings. The van der Waals surface area contributed by atoms with Crippen LogP contribution in [0.2, 0.25) is 0 Å². The van der Waals surface area contributed by atoms with Crippen LogP contribution < -0.4 is 11.1 Å². The second-order valence-corrected chi connectivity index (χ2v) is 7.59. The van der Waals surface area contributed by atoms with E-state index in [9.17, 15) is 13.2 Å². The van der Waals surface area contributed by atoms with E-state index in [-0.39, 0.29) is 22.8 Å². The van der Waals surface area contributed by atoms with Gasteiger partial charge in [-0.15, -0.1) is 0 Å². The van der Waals surface area contributed by atoms with Crippen molar-refractivity contribution < 1.29 is 13.2 Å². The van der Waals surface area contributed by atoms with Gasteiger partial charge in [0, 0.05) is 18.8 Å². The molecule has 0 bridgehead atoms. The number of nitrogen functional groups attached to an aromatic ring is 1. The minimum absolute atomic E-state index is 0.0339. The molecule has 0 radical (unpaired) electrons. The van der Waals surface area contributed by atoms with E-state index in [4.69, 9.17) is 5.73 Å². The number of amides is 1. The van der Waals surface area contributed by atoms with Crippen molar-refractivity contribution in [2.24, 2.45) is 5.92 Å². The van der Waals surface area contributed by atoms with Gasteiger partial charge in [0.2, 0.25) is 15.9 Å². The number of carbonyl (C=O) groups is 1. The van der Waals surface area contributed by atoms with Gasteiger partial charge in [-0.25, -0.2) is 8.42 Å². The van der Waals surface area contributed by atoms with E-state index in [1.165, 1.54) is 10.4 Å². The van der Waals surface area contributed by atoms with E-state index in [1.807, 2.05) is 0 Å². The highest BCUT2D eigenvalue weighted by Gasteiger charge is 2.45. The molecule has 1 amide bonds. The normalized spacial score (nSPS) is 26.4. The highest BCUT2D eigenvalue weighted by molar-refractivity contribution is 7.89. The standard InChI is InChI=1S/C14H19N3O3S/c1-9-7-10(4-5-12(9)15)21(19,20)17-6-2-3-11-13(17)8-16-14(11)18/h4-5,7,11,13H,2-3,6,8,15H2,1H3,(H,16,18). The molecule has 6 nitrogen and oxygen atoms in total. The summed E-state index contributed by atoms with van der Waals surface area (Å²) in [6.07, 6.45) is 1.46. The lowest BCUT2D eigenvalue weighted by Gasteiger charge is -2.34. The fourth-order valence-electron chi connectivity index (χ4n) is 3.15. The number of rotatable bonds is 2. The SMILES string of the molecule is Cc1cc(S(=O)(=O)N2CCCC3C(=O)NCC32)ccc1N. The van der Waals surface area contributed by atoms with Gasteiger partial charge in [0.25, 0.3) is 0 Å². The Bertz CT molecular complexity index is 687. The molecular formula is C14H19N3O3S. The van der Waals surface area contributed by atoms with Crippen LogP contribution >= 0.6 is 0 Å². The monoisotopic (exact) mass is 309 g/mol. The Morgan fingerprint density at radius 1 is 1.38 bits per heavy atom. The summed E-state index contributed by atoms with van der Waals surface area (Å²) in [6, 6.07) is 4.47. The highest BCUT2D eigenvalue weighted by Crippen LogP contribution is 2.32. The summed E-state index contributed by atoms with van der Waals surface area (Å²) in [5.41, 5.74) is 7.06. The number of aryl methyl sites for hydroxylation is 1. The molecule has 0 aromatic heterocycles. The summed E-state index contributed by atoms with van der Waals surface area (Å²) in [7, 11) is -3.59. The van der Waals surface area contributed by atoms with Crippen LogP contribution in [-0.2, 0) is 14.8 Å². The number of carbonyl (C=O) groups excluding carboxylic acids is 1. The summed E-state index contributed by atoms with van der Waals surface area (Å²) in [5.74, 6) is -0.253. The molecule has 2 unspecified atom stereocenters. The average molecular weight is 309 g/mol. The van der Waals surface area contributed by atoms with Gasteiger partial charge in [0.15, 0.2) is 0 Å². The van der Waals surface area contributed by atoms with Gasteiger partial charge in [-0.1, -0.05) is 0 Å². The van der Waals surface area contributed by atoms with Gasteiger partial charge >= 0.3 is 0 Å². The Labute approximate surface area is 124 Å². The molecule has 3 N–H and O–H groups in total. The number of benzene rings is 1. The predicted octanol–water partition coefficient (Wildman–Crippen LogP) is 0.476. The lowest BCUT2D eigenvalue weighted by atomic mass is 9.93. The first-order valence-corrected chi connectivity index (χ1v) is 8.51. The molecule has 2 heterocycles. The predicted molar refractivity (Wildman–Crippen MR) is 79.0 cm³/mol. The van der Waals surface area contributed by atoms with Crippen molar-refractivity contribution in [2.75, 3.05) is 18.8 Å². The van der Waals surface area contributed by atoms with Crippen LogP contribution in [0.25, 0.3) is 0 Å². The third-order valence-corrected chi connectivity index (χ3v) is 6.32. The molecule has 0 saturated carbocycles. The number of sulfonamides is 1. The van der Waals surface area contributed by atoms with E-state index in [1.54, 1.807) is 19.1 Å². The molecule has 2 saturated heterocycles. The summed E-state index contributed by atoms with van der Waals surface area (Å²) < 4.78 is 27.2. The van der Waals surface area contributed by atoms with Gasteiger partial charge < -0.3 is 11.1 Å². The van der Waals surface area contributed by atoms with Crippen LogP contribution in [-0.4, -0.2) is 37.8 Å². The zero-order valence-electron chi connectivity index (χ0n) is 11.9. The van der Waals surface area contributed by atoms with Gasteiger partial charge in [-0.05, 0) is 43.5 Å². The van der Waals surface area contributed by atoms with Crippen LogP contribution in [0, 0.1) is 12.8 Å². The fraction of sp³-hybridized carbons (Fsp3) is 0.500. The Morgan fingerprint density at radius 3 is 2.86 bits per heavy atom. The molecule has 1 aromatic rings. The molecule has 2 aliphatic heterocycles. The largest absolute Gasteiger partial charge is 0.399 e. The molecule has 21 heavy (non-hydrogen) atoms. The number of nitrogens with two attached hydrogens (primary N) is 1. The molecule has 0 aliphatic carbocycles. The van der Waals surface area contributed by atoms with Crippen LogP contribution in [0.4, 0.5) is 5.69 Å². The Kier molecular flexibility index (Phi) is 3.41. The number of anilines is 1. The van der Waals surface area contributed by atoms with E-state index >= 15 is 0 Å². The van der Waals surface area contributed by atoms with Crippen molar-refractivity contribution in [3.05, 3.63) is 23.8 Å². The minimum atomic E-state index is -3.59. The van der Waals surface area contributed by atoms with Gasteiger partial charge in [-0.2, -0.15) is 4.31 Å². The first-order valence-electron chi connectivity index (χ1n) is 7.07. The van der Waals surface area contributed by atoms with Crippen LogP contribution in [0.5, 0.6) is 0 Å². The summed E-state index contributed by atoms with van der Waals surface area (Å²) >= 11 is 0. The number of piperidine rings is 1. The summed E-state index contributed by atoms with van der Waals surface area (Å²) in [5, 5.41) is 2.77. The van der Waals surface area contributed by atoms with E-state index in [0.29, 0.717) is 25.2 Å². The van der Waals surface area contributed by atoms with Crippen molar-refractivity contribution in [1.82, 2.24) is 9.62 Å². The average Bonchev–Trinajstić information content (AvgIpc) is 2.83. The van der Waals surface area contributed by atoms with Crippen LogP contribution in [0.1, 0.15) is 18.4 Å². The zero-order chi connectivity index (χ0) is 15.2. The zero-order valence-corrected chi connectivity index (χ0v) is 12.7. The maximum atomic E-state index is 12.8. The van der Waals surface area contributed by atoms with Crippen molar-refractivity contribution >= 4 is 21.6 Å². The first-order chi connectivity index (χ1) is 9.91. The third-order valence-electron chi connectivity index (χ3n) is 4.40. The number of nitrogens with zero attached hydrogens (tertiary/aromatic N) is 1. The number of fused-ring (bicyclic) bond motifs is 1. The molecule has 1 aromatic carbocycles. The van der Waals surface area contributed by atoms with Crippen LogP contribution in [0.15, 0.2) is 23.1 Å². The number of hydrogen-bond donors (Lipinski definition) is 2. The summed E-state index contributed by atoms with van der Waals surface area (Å²) in [6.45, 7) is 2.65. The Morgan fingerprint density at radius 2 is 2.14 bits per heavy atom. The molecule has 2 atom stereocenters. The van der Waals surface area contributed by atoms with E-state index < -0.39 is 10.0 Å². The van der Waals surface area contributed by atoms with Gasteiger partial charge in [0.05, 0.1) is 16.9 Å². The first kappa shape index (κ1) is 14.3. The maximum absolute atomic E-state index is 12.8. The van der Waals surface area contributed by atoms with Gasteiger partial charge in [-0.3, -0.25) is 4.79 Å². The summed E-state index contributed by atoms with van der Waals surface area (Å²) in [4.78, 5) is 12.0. The second kappa shape index (κ2) is 4.99. The number of hydrogen-bond acceptors (Lipinski definition) is 4. The third kappa shape index (κ3) is 2.30. The topological polar surface area (TPSA) is 92.5 Å². The Hall–Kier alpha value is -1.60. The fourth-order valence-corrected chi connectivity index (χ4v) is 4.94. The van der Waals surface area contributed by atoms with Crippen LogP contribution in [0.3, 0.4) is 0 Å². The molecule has 3 rings (SSSR count). The number of nitrogens with one attached hydrogen (secondary N) is 1. The minimum Gasteiger partial charge on any atom is -0.399 e. The Balaban J connectivity index is 1.97. The quantitative estimate of drug-likeness (QED) is 0.777. The van der Waals surface area contributed by atoms with Crippen molar-refractivity contribution in [2.45, 2.75) is 30.7 Å². The maximum Gasteiger partial charge on any atom is 0.243 e. The molecule has 0 spiro atoms. The van der Waals surface area contributed by atoms with Crippen molar-refractivity contribution in [3.63, 3.8) is 0 Å².